The molecule has 0 N–H and O–H groups in total. The second-order valence-corrected chi connectivity index (χ2v) is 11.5. The average molecular weight is 592 g/mol. The highest BCUT2D eigenvalue weighted by Crippen LogP contribution is 2.34. The minimum atomic E-state index is -0.680. The van der Waals surface area contributed by atoms with Gasteiger partial charge in [-0.1, -0.05) is 69.0 Å². The number of carbonyl (C=O) groups excluding carboxylic acids is 1. The molecule has 0 spiro atoms. The number of pyridine rings is 1. The van der Waals surface area contributed by atoms with Gasteiger partial charge in [0, 0.05) is 25.7 Å². The van der Waals surface area contributed by atoms with Crippen molar-refractivity contribution in [3.8, 4) is 17.3 Å². The maximum Gasteiger partial charge on any atom is 0.355 e. The standard InChI is InChI=1S/C35H34FN5O3/c1-6-30(42)39-16-17-40(23(5)20-39)32-28-19-29(36)34(44-26-15-14-24-11-7-8-12-25(24)18-26)37-33(28)41(35(43)38-32)31-22(4)10-9-13-27(31)21(2)3/h6-15,18-19,21,23H,1,16-17,20H2,2-5H3/t23-/m0/s1. The van der Waals surface area contributed by atoms with Crippen LogP contribution in [0.3, 0.4) is 0 Å². The van der Waals surface area contributed by atoms with Crippen LogP contribution in [0.15, 0.2) is 84.2 Å². The molecule has 1 fully saturated rings. The second kappa shape index (κ2) is 11.6. The molecule has 1 amide bonds. The number of para-hydroxylation sites is 1. The van der Waals surface area contributed by atoms with E-state index >= 15 is 4.39 Å². The molecule has 5 aromatic rings. The van der Waals surface area contributed by atoms with Crippen LogP contribution in [0.25, 0.3) is 27.5 Å². The van der Waals surface area contributed by atoms with Crippen molar-refractivity contribution in [1.29, 1.82) is 0 Å². The van der Waals surface area contributed by atoms with E-state index in [1.807, 2.05) is 73.3 Å². The summed E-state index contributed by atoms with van der Waals surface area (Å²) in [5.74, 6) is -0.242. The van der Waals surface area contributed by atoms with Gasteiger partial charge < -0.3 is 14.5 Å². The molecule has 9 heteroatoms. The first-order valence-corrected chi connectivity index (χ1v) is 14.7. The summed E-state index contributed by atoms with van der Waals surface area (Å²) in [4.78, 5) is 39.2. The monoisotopic (exact) mass is 591 g/mol. The second-order valence-electron chi connectivity index (χ2n) is 11.5. The van der Waals surface area contributed by atoms with Gasteiger partial charge in [-0.2, -0.15) is 9.97 Å². The molecule has 0 bridgehead atoms. The summed E-state index contributed by atoms with van der Waals surface area (Å²) in [7, 11) is 0. The third-order valence-corrected chi connectivity index (χ3v) is 8.21. The molecule has 44 heavy (non-hydrogen) atoms. The van der Waals surface area contributed by atoms with Crippen molar-refractivity contribution in [2.45, 2.75) is 39.7 Å². The van der Waals surface area contributed by atoms with Crippen molar-refractivity contribution in [2.75, 3.05) is 24.5 Å². The van der Waals surface area contributed by atoms with Crippen molar-refractivity contribution < 1.29 is 13.9 Å². The van der Waals surface area contributed by atoms with Gasteiger partial charge >= 0.3 is 5.69 Å². The quantitative estimate of drug-likeness (QED) is 0.209. The highest BCUT2D eigenvalue weighted by atomic mass is 19.1. The Morgan fingerprint density at radius 2 is 1.82 bits per heavy atom. The molecule has 0 aliphatic carbocycles. The van der Waals surface area contributed by atoms with E-state index in [1.54, 1.807) is 11.0 Å². The van der Waals surface area contributed by atoms with Crippen molar-refractivity contribution in [3.63, 3.8) is 0 Å². The van der Waals surface area contributed by atoms with Gasteiger partial charge in [0.05, 0.1) is 11.1 Å². The van der Waals surface area contributed by atoms with Crippen molar-refractivity contribution in [1.82, 2.24) is 19.4 Å². The Labute approximate surface area is 255 Å². The third-order valence-electron chi connectivity index (χ3n) is 8.21. The number of fused-ring (bicyclic) bond motifs is 2. The lowest BCUT2D eigenvalue weighted by molar-refractivity contribution is -0.126. The molecule has 1 saturated heterocycles. The van der Waals surface area contributed by atoms with Gasteiger partial charge in [-0.15, -0.1) is 0 Å². The summed E-state index contributed by atoms with van der Waals surface area (Å²) in [6.45, 7) is 12.8. The minimum Gasteiger partial charge on any atom is -0.436 e. The lowest BCUT2D eigenvalue weighted by atomic mass is 9.98. The Kier molecular flexibility index (Phi) is 7.63. The molecule has 1 aliphatic rings. The first kappa shape index (κ1) is 29.0. The number of aryl methyl sites for hydroxylation is 1. The van der Waals surface area contributed by atoms with E-state index in [-0.39, 0.29) is 29.4 Å². The zero-order chi connectivity index (χ0) is 31.1. The maximum atomic E-state index is 15.9. The molecule has 8 nitrogen and oxygen atoms in total. The molecule has 3 aromatic carbocycles. The summed E-state index contributed by atoms with van der Waals surface area (Å²) in [6, 6.07) is 20.3. The third kappa shape index (κ3) is 5.19. The number of nitrogens with zero attached hydrogens (tertiary/aromatic N) is 5. The van der Waals surface area contributed by atoms with Gasteiger partial charge in [0.1, 0.15) is 11.6 Å². The Morgan fingerprint density at radius 1 is 1.05 bits per heavy atom. The van der Waals surface area contributed by atoms with Gasteiger partial charge in [-0.3, -0.25) is 4.79 Å². The first-order chi connectivity index (χ1) is 21.2. The maximum absolute atomic E-state index is 15.9. The van der Waals surface area contributed by atoms with Crippen LogP contribution in [0.2, 0.25) is 0 Å². The predicted octanol–water partition coefficient (Wildman–Crippen LogP) is 6.52. The number of benzene rings is 3. The fourth-order valence-corrected chi connectivity index (χ4v) is 5.98. The smallest absolute Gasteiger partial charge is 0.355 e. The van der Waals surface area contributed by atoms with Gasteiger partial charge in [-0.05, 0) is 65.9 Å². The number of aromatic nitrogens is 3. The van der Waals surface area contributed by atoms with Crippen LogP contribution in [-0.4, -0.2) is 51.0 Å². The number of carbonyl (C=O) groups is 1. The van der Waals surface area contributed by atoms with E-state index in [0.29, 0.717) is 42.3 Å². The molecule has 224 valence electrons. The Bertz CT molecular complexity index is 1990. The zero-order valence-electron chi connectivity index (χ0n) is 25.3. The predicted molar refractivity (Wildman–Crippen MR) is 172 cm³/mol. The normalized spacial score (nSPS) is 15.3. The molecular formula is C35H34FN5O3. The molecule has 2 aromatic heterocycles. The molecule has 1 atom stereocenters. The molecule has 3 heterocycles. The van der Waals surface area contributed by atoms with E-state index in [1.165, 1.54) is 16.7 Å². The summed E-state index contributed by atoms with van der Waals surface area (Å²) < 4.78 is 23.4. The topological polar surface area (TPSA) is 80.6 Å². The molecule has 6 rings (SSSR count). The average Bonchev–Trinajstić information content (AvgIpc) is 3.01. The molecular weight excluding hydrogens is 557 g/mol. The molecule has 0 radical (unpaired) electrons. The fraction of sp³-hybridized carbons (Fsp3) is 0.257. The number of rotatable bonds is 6. The van der Waals surface area contributed by atoms with Gasteiger partial charge in [-0.25, -0.2) is 13.8 Å². The van der Waals surface area contributed by atoms with Crippen LogP contribution in [0.5, 0.6) is 11.6 Å². The molecule has 1 aliphatic heterocycles. The number of ether oxygens (including phenoxy) is 1. The highest BCUT2D eigenvalue weighted by Gasteiger charge is 2.30. The van der Waals surface area contributed by atoms with E-state index in [4.69, 9.17) is 4.74 Å². The van der Waals surface area contributed by atoms with E-state index in [9.17, 15) is 9.59 Å². The van der Waals surface area contributed by atoms with Crippen LogP contribution in [0, 0.1) is 12.7 Å². The number of hydrogen-bond acceptors (Lipinski definition) is 6. The highest BCUT2D eigenvalue weighted by molar-refractivity contribution is 5.90. The molecule has 0 unspecified atom stereocenters. The van der Waals surface area contributed by atoms with Crippen molar-refractivity contribution in [3.05, 3.63) is 107 Å². The number of piperazine rings is 1. The fourth-order valence-electron chi connectivity index (χ4n) is 5.98. The van der Waals surface area contributed by atoms with Crippen LogP contribution >= 0.6 is 0 Å². The number of hydrogen-bond donors (Lipinski definition) is 0. The summed E-state index contributed by atoms with van der Waals surface area (Å²) in [6.07, 6.45) is 1.29. The van der Waals surface area contributed by atoms with Crippen LogP contribution in [0.1, 0.15) is 37.8 Å². The summed E-state index contributed by atoms with van der Waals surface area (Å²) in [5.41, 5.74) is 2.18. The van der Waals surface area contributed by atoms with E-state index < -0.39 is 11.5 Å². The first-order valence-electron chi connectivity index (χ1n) is 14.7. The molecule has 0 saturated carbocycles. The van der Waals surface area contributed by atoms with E-state index in [0.717, 1.165) is 21.9 Å². The van der Waals surface area contributed by atoms with Crippen molar-refractivity contribution >= 4 is 33.5 Å². The van der Waals surface area contributed by atoms with Crippen molar-refractivity contribution in [2.24, 2.45) is 0 Å². The van der Waals surface area contributed by atoms with Crippen LogP contribution in [-0.2, 0) is 4.79 Å². The van der Waals surface area contributed by atoms with Gasteiger partial charge in [0.15, 0.2) is 11.5 Å². The number of halogens is 1. The van der Waals surface area contributed by atoms with Gasteiger partial charge in [0.2, 0.25) is 5.91 Å². The van der Waals surface area contributed by atoms with Crippen LogP contribution in [0.4, 0.5) is 10.2 Å². The number of anilines is 1. The van der Waals surface area contributed by atoms with E-state index in [2.05, 4.69) is 30.4 Å². The van der Waals surface area contributed by atoms with Crippen LogP contribution < -0.4 is 15.3 Å². The summed E-state index contributed by atoms with van der Waals surface area (Å²) in [5, 5.41) is 2.35. The minimum absolute atomic E-state index is 0.0933. The Hall–Kier alpha value is -5.05. The summed E-state index contributed by atoms with van der Waals surface area (Å²) >= 11 is 0. The van der Waals surface area contributed by atoms with Gasteiger partial charge in [0.25, 0.3) is 5.88 Å². The number of amides is 1. The Morgan fingerprint density at radius 3 is 2.55 bits per heavy atom. The SMILES string of the molecule is C=CC(=O)N1CCN(c2nc(=O)n(-c3c(C)cccc3C(C)C)c3nc(Oc4ccc5ccccc5c4)c(F)cc23)[C@@H](C)C1. The lowest BCUT2D eigenvalue weighted by Crippen LogP contribution is -2.54. The lowest BCUT2D eigenvalue weighted by Gasteiger charge is -2.40. The zero-order valence-corrected chi connectivity index (χ0v) is 25.3. The Balaban J connectivity index is 1.55. The largest absolute Gasteiger partial charge is 0.436 e.